The molecule has 0 radical (unpaired) electrons. The predicted octanol–water partition coefficient (Wildman–Crippen LogP) is 2.34. The number of aromatic hydroxyl groups is 3. The fraction of sp³-hybridized carbons (Fsp3) is 0.182. The molecule has 15 heteroatoms. The van der Waals surface area contributed by atoms with Gasteiger partial charge in [-0.05, 0) is 61.4 Å². The van der Waals surface area contributed by atoms with Gasteiger partial charge in [0.25, 0.3) is 30.4 Å². The first-order valence-corrected chi connectivity index (χ1v) is 14.5. The Labute approximate surface area is 212 Å². The van der Waals surface area contributed by atoms with Crippen LogP contribution in [0, 0.1) is 13.8 Å². The third-order valence-corrected chi connectivity index (χ3v) is 8.10. The fourth-order valence-electron chi connectivity index (χ4n) is 3.76. The van der Waals surface area contributed by atoms with E-state index < -0.39 is 75.1 Å². The van der Waals surface area contributed by atoms with Gasteiger partial charge in [-0.2, -0.15) is 25.3 Å². The highest BCUT2D eigenvalue weighted by atomic mass is 32.2. The van der Waals surface area contributed by atoms with Gasteiger partial charge in [-0.25, -0.2) is 0 Å². The van der Waals surface area contributed by atoms with E-state index in [9.17, 15) is 54.2 Å². The van der Waals surface area contributed by atoms with E-state index in [2.05, 4.69) is 0 Å². The maximum atomic E-state index is 11.9. The third kappa shape index (κ3) is 6.20. The molecule has 0 saturated carbocycles. The smallest absolute Gasteiger partial charge is 0.294 e. The van der Waals surface area contributed by atoms with Crippen LogP contribution in [0.3, 0.4) is 0 Å². The highest BCUT2D eigenvalue weighted by Gasteiger charge is 2.22. The second-order valence-electron chi connectivity index (χ2n) is 8.36. The van der Waals surface area contributed by atoms with E-state index in [1.54, 1.807) is 0 Å². The number of phenolic OH excluding ortho intramolecular Hbond substituents is 3. The van der Waals surface area contributed by atoms with Crippen molar-refractivity contribution in [1.82, 2.24) is 0 Å². The largest absolute Gasteiger partial charge is 0.507 e. The molecule has 0 aliphatic heterocycles. The van der Waals surface area contributed by atoms with Crippen molar-refractivity contribution in [1.29, 1.82) is 0 Å². The molecule has 3 aromatic carbocycles. The molecule has 12 nitrogen and oxygen atoms in total. The molecule has 0 bridgehead atoms. The lowest BCUT2D eigenvalue weighted by Gasteiger charge is -2.16. The molecule has 200 valence electrons. The molecule has 0 unspecified atom stereocenters. The summed E-state index contributed by atoms with van der Waals surface area (Å²) in [6.07, 6.45) is -0.928. The van der Waals surface area contributed by atoms with E-state index >= 15 is 0 Å². The van der Waals surface area contributed by atoms with Gasteiger partial charge in [0.1, 0.15) is 17.2 Å². The van der Waals surface area contributed by atoms with Gasteiger partial charge in [0.2, 0.25) is 0 Å². The highest BCUT2D eigenvalue weighted by Crippen LogP contribution is 2.36. The summed E-state index contributed by atoms with van der Waals surface area (Å²) in [7, 11) is -14.2. The molecule has 3 aromatic rings. The van der Waals surface area contributed by atoms with Crippen LogP contribution in [0.1, 0.15) is 33.4 Å². The van der Waals surface area contributed by atoms with Crippen LogP contribution in [0.5, 0.6) is 17.2 Å². The average Bonchev–Trinajstić information content (AvgIpc) is 2.74. The number of hydrogen-bond acceptors (Lipinski definition) is 9. The zero-order valence-electron chi connectivity index (χ0n) is 19.2. The third-order valence-electron chi connectivity index (χ3n) is 5.60. The molecule has 0 spiro atoms. The highest BCUT2D eigenvalue weighted by molar-refractivity contribution is 7.86. The van der Waals surface area contributed by atoms with Crippen molar-refractivity contribution in [2.24, 2.45) is 0 Å². The first-order valence-electron chi connectivity index (χ1n) is 10.2. The molecule has 0 aromatic heterocycles. The Hall–Kier alpha value is -3.21. The van der Waals surface area contributed by atoms with Crippen LogP contribution in [-0.4, -0.2) is 54.2 Å². The number of phenols is 3. The Morgan fingerprint density at radius 2 is 0.730 bits per heavy atom. The molecule has 37 heavy (non-hydrogen) atoms. The summed E-state index contributed by atoms with van der Waals surface area (Å²) in [6.45, 7) is 2.70. The van der Waals surface area contributed by atoms with Crippen LogP contribution in [0.15, 0.2) is 51.1 Å². The standard InChI is InChI=1S/C22H22O12S3/c1-11-3-17(35(26,27)28)7-13(20(11)23)5-15-9-19(37(32,33)34)10-16(22(15)25)6-14-8-18(36(29,30)31)4-12(2)21(14)24/h3-4,7-10,23-25H,5-6H2,1-2H3,(H,26,27,28)(H,29,30,31)(H,32,33,34). The maximum Gasteiger partial charge on any atom is 0.294 e. The zero-order valence-corrected chi connectivity index (χ0v) is 21.7. The van der Waals surface area contributed by atoms with E-state index in [1.807, 2.05) is 0 Å². The summed E-state index contributed by atoms with van der Waals surface area (Å²) in [5, 5.41) is 31.7. The predicted molar refractivity (Wildman–Crippen MR) is 129 cm³/mol. The molecule has 0 heterocycles. The van der Waals surface area contributed by atoms with Crippen molar-refractivity contribution in [3.63, 3.8) is 0 Å². The Morgan fingerprint density at radius 1 is 0.486 bits per heavy atom. The van der Waals surface area contributed by atoms with Crippen LogP contribution in [0.25, 0.3) is 0 Å². The zero-order chi connectivity index (χ0) is 28.1. The van der Waals surface area contributed by atoms with Crippen molar-refractivity contribution in [2.45, 2.75) is 41.4 Å². The number of hydrogen-bond donors (Lipinski definition) is 6. The van der Waals surface area contributed by atoms with Crippen LogP contribution >= 0.6 is 0 Å². The van der Waals surface area contributed by atoms with Gasteiger partial charge in [-0.1, -0.05) is 0 Å². The van der Waals surface area contributed by atoms with Crippen LogP contribution in [0.2, 0.25) is 0 Å². The van der Waals surface area contributed by atoms with Crippen LogP contribution < -0.4 is 0 Å². The minimum atomic E-state index is -4.86. The topological polar surface area (TPSA) is 224 Å². The van der Waals surface area contributed by atoms with Crippen molar-refractivity contribution < 1.29 is 54.2 Å². The Kier molecular flexibility index (Phi) is 7.35. The van der Waals surface area contributed by atoms with Crippen molar-refractivity contribution in [3.05, 3.63) is 69.8 Å². The summed E-state index contributed by atoms with van der Waals surface area (Å²) in [6, 6.07) is 5.59. The van der Waals surface area contributed by atoms with Gasteiger partial charge < -0.3 is 15.3 Å². The van der Waals surface area contributed by atoms with E-state index in [4.69, 9.17) is 0 Å². The second kappa shape index (κ2) is 9.59. The molecule has 0 saturated heterocycles. The van der Waals surface area contributed by atoms with Crippen LogP contribution in [-0.2, 0) is 43.2 Å². The van der Waals surface area contributed by atoms with Gasteiger partial charge in [-0.3, -0.25) is 13.7 Å². The minimum absolute atomic E-state index is 0.0539. The molecular weight excluding hydrogens is 552 g/mol. The molecular formula is C22H22O12S3. The van der Waals surface area contributed by atoms with E-state index in [-0.39, 0.29) is 33.4 Å². The summed E-state index contributed by atoms with van der Waals surface area (Å²) in [5.41, 5.74) is -0.526. The van der Waals surface area contributed by atoms with Crippen LogP contribution in [0.4, 0.5) is 0 Å². The quantitative estimate of drug-likeness (QED) is 0.224. The average molecular weight is 575 g/mol. The normalized spacial score (nSPS) is 12.6. The monoisotopic (exact) mass is 574 g/mol. The van der Waals surface area contributed by atoms with Gasteiger partial charge >= 0.3 is 0 Å². The molecule has 0 aliphatic rings. The summed E-state index contributed by atoms with van der Waals surface area (Å²) in [4.78, 5) is -1.82. The molecule has 0 aliphatic carbocycles. The van der Waals surface area contributed by atoms with Gasteiger partial charge in [0.15, 0.2) is 0 Å². The second-order valence-corrected chi connectivity index (χ2v) is 12.6. The summed E-state index contributed by atoms with van der Waals surface area (Å²) in [5.74, 6) is -1.38. The SMILES string of the molecule is Cc1cc(S(=O)(=O)O)cc(Cc2cc(S(=O)(=O)O)cc(Cc3cc(S(=O)(=O)O)cc(C)c3O)c2O)c1O. The lowest BCUT2D eigenvalue weighted by atomic mass is 9.95. The minimum Gasteiger partial charge on any atom is -0.507 e. The lowest BCUT2D eigenvalue weighted by Crippen LogP contribution is -2.05. The molecule has 6 N–H and O–H groups in total. The lowest BCUT2D eigenvalue weighted by molar-refractivity contribution is 0.453. The fourth-order valence-corrected chi connectivity index (χ4v) is 5.57. The summed E-state index contributed by atoms with van der Waals surface area (Å²) >= 11 is 0. The number of aryl methyl sites for hydroxylation is 2. The Morgan fingerprint density at radius 3 is 1.00 bits per heavy atom. The Balaban J connectivity index is 2.23. The molecule has 3 rings (SSSR count). The van der Waals surface area contributed by atoms with Gasteiger partial charge in [0, 0.05) is 35.1 Å². The number of benzene rings is 3. The molecule has 0 atom stereocenters. The maximum absolute atomic E-state index is 11.9. The molecule has 0 fully saturated rings. The van der Waals surface area contributed by atoms with E-state index in [0.29, 0.717) is 0 Å². The van der Waals surface area contributed by atoms with Crippen molar-refractivity contribution >= 4 is 30.4 Å². The Bertz CT molecular complexity index is 1630. The van der Waals surface area contributed by atoms with Crippen molar-refractivity contribution in [2.75, 3.05) is 0 Å². The van der Waals surface area contributed by atoms with E-state index in [0.717, 1.165) is 36.4 Å². The number of rotatable bonds is 7. The van der Waals surface area contributed by atoms with Gasteiger partial charge in [-0.15, -0.1) is 0 Å². The molecule has 0 amide bonds. The first-order chi connectivity index (χ1) is 16.8. The van der Waals surface area contributed by atoms with E-state index in [1.165, 1.54) is 13.8 Å². The van der Waals surface area contributed by atoms with Gasteiger partial charge in [0.05, 0.1) is 14.7 Å². The van der Waals surface area contributed by atoms with Crippen molar-refractivity contribution in [3.8, 4) is 17.2 Å². The summed E-state index contributed by atoms with van der Waals surface area (Å²) < 4.78 is 98.6. The first kappa shape index (κ1) is 28.4.